The lowest BCUT2D eigenvalue weighted by Crippen LogP contribution is -2.45. The van der Waals surface area contributed by atoms with Crippen molar-refractivity contribution in [2.45, 2.75) is 51.8 Å². The molecule has 1 saturated carbocycles. The standard InChI is InChI=1S/C17H24ClFN2O2/c1-17(2,3)23-16(22)21-15(11-4-5-11)10-20-9-12-8-13(18)6-7-14(12)19/h6-8,11,15,20H,4-5,9-10H2,1-3H3,(H,21,22). The summed E-state index contributed by atoms with van der Waals surface area (Å²) in [6, 6.07) is 4.48. The summed E-state index contributed by atoms with van der Waals surface area (Å²) in [6.45, 7) is 6.43. The van der Waals surface area contributed by atoms with Gasteiger partial charge < -0.3 is 15.4 Å². The molecule has 1 aromatic rings. The lowest BCUT2D eigenvalue weighted by Gasteiger charge is -2.24. The van der Waals surface area contributed by atoms with Crippen LogP contribution in [0.3, 0.4) is 0 Å². The fraction of sp³-hybridized carbons (Fsp3) is 0.588. The summed E-state index contributed by atoms with van der Waals surface area (Å²) in [4.78, 5) is 11.9. The highest BCUT2D eigenvalue weighted by molar-refractivity contribution is 6.30. The van der Waals surface area contributed by atoms with Crippen molar-refractivity contribution in [3.63, 3.8) is 0 Å². The van der Waals surface area contributed by atoms with Gasteiger partial charge in [0.25, 0.3) is 0 Å². The molecule has 0 aromatic heterocycles. The molecule has 0 saturated heterocycles. The van der Waals surface area contributed by atoms with Gasteiger partial charge in [0.15, 0.2) is 0 Å². The zero-order valence-electron chi connectivity index (χ0n) is 13.8. The number of halogens is 2. The van der Waals surface area contributed by atoms with Crippen LogP contribution in [0.25, 0.3) is 0 Å². The normalized spacial score (nSPS) is 16.0. The van der Waals surface area contributed by atoms with E-state index < -0.39 is 11.7 Å². The minimum absolute atomic E-state index is 0.00732. The van der Waals surface area contributed by atoms with Crippen molar-refractivity contribution in [2.24, 2.45) is 5.92 Å². The highest BCUT2D eigenvalue weighted by Crippen LogP contribution is 2.32. The molecule has 2 rings (SSSR count). The first-order chi connectivity index (χ1) is 10.7. The number of amides is 1. The van der Waals surface area contributed by atoms with Crippen LogP contribution in [0, 0.1) is 11.7 Å². The number of hydrogen-bond acceptors (Lipinski definition) is 3. The molecule has 23 heavy (non-hydrogen) atoms. The fourth-order valence-electron chi connectivity index (χ4n) is 2.33. The Labute approximate surface area is 141 Å². The Bertz CT molecular complexity index is 556. The average Bonchev–Trinajstić information content (AvgIpc) is 3.24. The first kappa shape index (κ1) is 18.0. The van der Waals surface area contributed by atoms with Crippen LogP contribution in [0.15, 0.2) is 18.2 Å². The van der Waals surface area contributed by atoms with E-state index in [4.69, 9.17) is 16.3 Å². The number of carbonyl (C=O) groups excluding carboxylic acids is 1. The largest absolute Gasteiger partial charge is 0.444 e. The molecule has 0 bridgehead atoms. The Morgan fingerprint density at radius 3 is 2.74 bits per heavy atom. The SMILES string of the molecule is CC(C)(C)OC(=O)NC(CNCc1cc(Cl)ccc1F)C1CC1. The molecule has 0 spiro atoms. The Balaban J connectivity index is 1.83. The zero-order chi connectivity index (χ0) is 17.0. The molecule has 1 fully saturated rings. The number of carbonyl (C=O) groups is 1. The molecular weight excluding hydrogens is 319 g/mol. The Morgan fingerprint density at radius 2 is 2.13 bits per heavy atom. The summed E-state index contributed by atoms with van der Waals surface area (Å²) in [5, 5.41) is 6.60. The van der Waals surface area contributed by atoms with Gasteiger partial charge in [-0.15, -0.1) is 0 Å². The van der Waals surface area contributed by atoms with E-state index in [1.165, 1.54) is 12.1 Å². The van der Waals surface area contributed by atoms with E-state index >= 15 is 0 Å². The second-order valence-electron chi connectivity index (χ2n) is 6.96. The smallest absolute Gasteiger partial charge is 0.407 e. The van der Waals surface area contributed by atoms with E-state index in [-0.39, 0.29) is 11.9 Å². The first-order valence-corrected chi connectivity index (χ1v) is 8.26. The molecule has 2 N–H and O–H groups in total. The van der Waals surface area contributed by atoms with Crippen LogP contribution in [-0.4, -0.2) is 24.3 Å². The Kier molecular flexibility index (Phi) is 5.87. The Morgan fingerprint density at radius 1 is 1.43 bits per heavy atom. The number of nitrogens with one attached hydrogen (secondary N) is 2. The van der Waals surface area contributed by atoms with Gasteiger partial charge in [0.05, 0.1) is 0 Å². The molecule has 1 aliphatic carbocycles. The maximum Gasteiger partial charge on any atom is 0.407 e. The predicted octanol–water partition coefficient (Wildman–Crippen LogP) is 3.87. The van der Waals surface area contributed by atoms with Gasteiger partial charge >= 0.3 is 6.09 Å². The highest BCUT2D eigenvalue weighted by Gasteiger charge is 2.33. The molecular formula is C17H24ClFN2O2. The van der Waals surface area contributed by atoms with Gasteiger partial charge in [-0.1, -0.05) is 11.6 Å². The van der Waals surface area contributed by atoms with Crippen LogP contribution in [0.2, 0.25) is 5.02 Å². The van der Waals surface area contributed by atoms with Crippen molar-refractivity contribution in [1.29, 1.82) is 0 Å². The molecule has 1 aliphatic rings. The molecule has 6 heteroatoms. The molecule has 1 amide bonds. The third kappa shape index (κ3) is 6.36. The van der Waals surface area contributed by atoms with Crippen molar-refractivity contribution in [3.05, 3.63) is 34.6 Å². The third-order valence-electron chi connectivity index (χ3n) is 3.58. The van der Waals surface area contributed by atoms with Gasteiger partial charge in [-0.3, -0.25) is 0 Å². The first-order valence-electron chi connectivity index (χ1n) is 7.89. The van der Waals surface area contributed by atoms with Crippen molar-refractivity contribution >= 4 is 17.7 Å². The van der Waals surface area contributed by atoms with Gasteiger partial charge in [-0.05, 0) is 57.7 Å². The molecule has 0 radical (unpaired) electrons. The number of alkyl carbamates (subject to hydrolysis) is 1. The summed E-state index contributed by atoms with van der Waals surface area (Å²) in [6.07, 6.45) is 1.77. The summed E-state index contributed by atoms with van der Waals surface area (Å²) in [5.41, 5.74) is -0.000440. The van der Waals surface area contributed by atoms with Crippen molar-refractivity contribution < 1.29 is 13.9 Å². The van der Waals surface area contributed by atoms with Crippen molar-refractivity contribution in [2.75, 3.05) is 6.54 Å². The van der Waals surface area contributed by atoms with Gasteiger partial charge in [0.1, 0.15) is 11.4 Å². The minimum atomic E-state index is -0.518. The van der Waals surface area contributed by atoms with Crippen LogP contribution in [0.1, 0.15) is 39.2 Å². The van der Waals surface area contributed by atoms with Crippen molar-refractivity contribution in [1.82, 2.24) is 10.6 Å². The van der Waals surface area contributed by atoms with Gasteiger partial charge in [0.2, 0.25) is 0 Å². The van der Waals surface area contributed by atoms with Crippen LogP contribution < -0.4 is 10.6 Å². The summed E-state index contributed by atoms with van der Waals surface area (Å²) in [5.74, 6) is 0.171. The maximum absolute atomic E-state index is 13.7. The van der Waals surface area contributed by atoms with E-state index in [2.05, 4.69) is 10.6 Å². The molecule has 128 valence electrons. The van der Waals surface area contributed by atoms with Gasteiger partial charge in [-0.25, -0.2) is 9.18 Å². The summed E-state index contributed by atoms with van der Waals surface area (Å²) >= 11 is 5.88. The Hall–Kier alpha value is -1.33. The quantitative estimate of drug-likeness (QED) is 0.825. The van der Waals surface area contributed by atoms with Crippen molar-refractivity contribution in [3.8, 4) is 0 Å². The van der Waals surface area contributed by atoms with Gasteiger partial charge in [-0.2, -0.15) is 0 Å². The second kappa shape index (κ2) is 7.49. The predicted molar refractivity (Wildman–Crippen MR) is 89.0 cm³/mol. The average molecular weight is 343 g/mol. The molecule has 0 heterocycles. The third-order valence-corrected chi connectivity index (χ3v) is 3.82. The van der Waals surface area contributed by atoms with Crippen LogP contribution in [-0.2, 0) is 11.3 Å². The number of benzene rings is 1. The maximum atomic E-state index is 13.7. The van der Waals surface area contributed by atoms with Crippen LogP contribution in [0.4, 0.5) is 9.18 Å². The molecule has 1 atom stereocenters. The van der Waals surface area contributed by atoms with E-state index in [1.54, 1.807) is 6.07 Å². The van der Waals surface area contributed by atoms with Crippen LogP contribution in [0.5, 0.6) is 0 Å². The topological polar surface area (TPSA) is 50.4 Å². The van der Waals surface area contributed by atoms with Crippen LogP contribution >= 0.6 is 11.6 Å². The monoisotopic (exact) mass is 342 g/mol. The second-order valence-corrected chi connectivity index (χ2v) is 7.39. The van der Waals surface area contributed by atoms with Gasteiger partial charge in [0, 0.05) is 29.7 Å². The summed E-state index contributed by atoms with van der Waals surface area (Å²) in [7, 11) is 0. The number of ether oxygens (including phenoxy) is 1. The lowest BCUT2D eigenvalue weighted by molar-refractivity contribution is 0.0497. The summed E-state index contributed by atoms with van der Waals surface area (Å²) < 4.78 is 19.0. The minimum Gasteiger partial charge on any atom is -0.444 e. The van der Waals surface area contributed by atoms with E-state index in [0.717, 1.165) is 12.8 Å². The zero-order valence-corrected chi connectivity index (χ0v) is 14.5. The van der Waals surface area contributed by atoms with E-state index in [1.807, 2.05) is 20.8 Å². The number of rotatable bonds is 6. The van der Waals surface area contributed by atoms with E-state index in [0.29, 0.717) is 29.6 Å². The molecule has 1 unspecified atom stereocenters. The fourth-order valence-corrected chi connectivity index (χ4v) is 2.53. The number of hydrogen-bond donors (Lipinski definition) is 2. The molecule has 0 aliphatic heterocycles. The van der Waals surface area contributed by atoms with E-state index in [9.17, 15) is 9.18 Å². The molecule has 4 nitrogen and oxygen atoms in total. The highest BCUT2D eigenvalue weighted by atomic mass is 35.5. The molecule has 1 aromatic carbocycles. The lowest BCUT2D eigenvalue weighted by atomic mass is 10.1.